The minimum atomic E-state index is 0.785. The van der Waals surface area contributed by atoms with Crippen molar-refractivity contribution in [3.63, 3.8) is 0 Å². The summed E-state index contributed by atoms with van der Waals surface area (Å²) >= 11 is 0. The fourth-order valence-electron chi connectivity index (χ4n) is 1.34. The summed E-state index contributed by atoms with van der Waals surface area (Å²) in [6, 6.07) is 12.1. The highest BCUT2D eigenvalue weighted by Gasteiger charge is 1.94. The zero-order chi connectivity index (χ0) is 10.5. The molecule has 3 nitrogen and oxygen atoms in total. The SMILES string of the molecule is Cc1nccc(NCc2ccccc2)n1. The lowest BCUT2D eigenvalue weighted by atomic mass is 10.2. The van der Waals surface area contributed by atoms with Crippen LogP contribution in [0.4, 0.5) is 5.82 Å². The van der Waals surface area contributed by atoms with Gasteiger partial charge in [-0.25, -0.2) is 9.97 Å². The van der Waals surface area contributed by atoms with E-state index >= 15 is 0 Å². The van der Waals surface area contributed by atoms with Crippen LogP contribution in [0.1, 0.15) is 11.4 Å². The molecule has 0 spiro atoms. The van der Waals surface area contributed by atoms with Crippen molar-refractivity contribution in [3.05, 3.63) is 54.0 Å². The molecule has 3 heteroatoms. The molecule has 1 aromatic heterocycles. The van der Waals surface area contributed by atoms with Crippen molar-refractivity contribution < 1.29 is 0 Å². The molecular weight excluding hydrogens is 186 g/mol. The third-order valence-electron chi connectivity index (χ3n) is 2.09. The average Bonchev–Trinajstić information content (AvgIpc) is 2.28. The summed E-state index contributed by atoms with van der Waals surface area (Å²) in [5, 5.41) is 3.25. The Labute approximate surface area is 89.2 Å². The van der Waals surface area contributed by atoms with Crippen molar-refractivity contribution in [2.75, 3.05) is 5.32 Å². The number of nitrogens with one attached hydrogen (secondary N) is 1. The number of nitrogens with zero attached hydrogens (tertiary/aromatic N) is 2. The minimum absolute atomic E-state index is 0.785. The van der Waals surface area contributed by atoms with Crippen LogP contribution in [0.15, 0.2) is 42.6 Å². The van der Waals surface area contributed by atoms with E-state index < -0.39 is 0 Å². The second-order valence-electron chi connectivity index (χ2n) is 3.33. The maximum Gasteiger partial charge on any atom is 0.129 e. The number of benzene rings is 1. The van der Waals surface area contributed by atoms with Gasteiger partial charge in [0.15, 0.2) is 0 Å². The van der Waals surface area contributed by atoms with Crippen molar-refractivity contribution >= 4 is 5.82 Å². The van der Waals surface area contributed by atoms with Gasteiger partial charge in [0.2, 0.25) is 0 Å². The molecule has 0 amide bonds. The highest BCUT2D eigenvalue weighted by Crippen LogP contribution is 2.05. The molecule has 0 aliphatic rings. The molecule has 1 heterocycles. The summed E-state index contributed by atoms with van der Waals surface area (Å²) in [7, 11) is 0. The van der Waals surface area contributed by atoms with Gasteiger partial charge in [0.25, 0.3) is 0 Å². The largest absolute Gasteiger partial charge is 0.366 e. The van der Waals surface area contributed by atoms with E-state index in [0.717, 1.165) is 18.2 Å². The van der Waals surface area contributed by atoms with Gasteiger partial charge in [-0.05, 0) is 18.6 Å². The molecule has 0 aliphatic heterocycles. The van der Waals surface area contributed by atoms with Crippen LogP contribution in [0.25, 0.3) is 0 Å². The molecule has 76 valence electrons. The summed E-state index contributed by atoms with van der Waals surface area (Å²) in [6.07, 6.45) is 1.76. The first-order valence-corrected chi connectivity index (χ1v) is 4.92. The molecule has 0 atom stereocenters. The maximum absolute atomic E-state index is 4.27. The zero-order valence-electron chi connectivity index (χ0n) is 8.64. The average molecular weight is 199 g/mol. The van der Waals surface area contributed by atoms with Crippen molar-refractivity contribution in [1.29, 1.82) is 0 Å². The Morgan fingerprint density at radius 2 is 1.93 bits per heavy atom. The predicted molar refractivity (Wildman–Crippen MR) is 60.5 cm³/mol. The van der Waals surface area contributed by atoms with Gasteiger partial charge in [0.05, 0.1) is 0 Å². The van der Waals surface area contributed by atoms with Gasteiger partial charge in [-0.3, -0.25) is 0 Å². The highest BCUT2D eigenvalue weighted by molar-refractivity contribution is 5.34. The summed E-state index contributed by atoms with van der Waals surface area (Å²) in [6.45, 7) is 2.67. The minimum Gasteiger partial charge on any atom is -0.366 e. The second kappa shape index (κ2) is 4.55. The van der Waals surface area contributed by atoms with Crippen LogP contribution in [0.3, 0.4) is 0 Å². The number of hydrogen-bond donors (Lipinski definition) is 1. The molecular formula is C12H13N3. The first-order chi connectivity index (χ1) is 7.34. The Morgan fingerprint density at radius 3 is 2.67 bits per heavy atom. The van der Waals surface area contributed by atoms with Gasteiger partial charge in [-0.15, -0.1) is 0 Å². The molecule has 0 bridgehead atoms. The topological polar surface area (TPSA) is 37.8 Å². The van der Waals surface area contributed by atoms with E-state index in [0.29, 0.717) is 0 Å². The van der Waals surface area contributed by atoms with Gasteiger partial charge in [0, 0.05) is 12.7 Å². The number of rotatable bonds is 3. The number of aromatic nitrogens is 2. The van der Waals surface area contributed by atoms with Gasteiger partial charge in [0.1, 0.15) is 11.6 Å². The summed E-state index contributed by atoms with van der Waals surface area (Å²) in [5.74, 6) is 1.65. The monoisotopic (exact) mass is 199 g/mol. The Kier molecular flexibility index (Phi) is 2.93. The molecule has 2 rings (SSSR count). The van der Waals surface area contributed by atoms with Crippen molar-refractivity contribution in [3.8, 4) is 0 Å². The molecule has 0 radical (unpaired) electrons. The predicted octanol–water partition coefficient (Wildman–Crippen LogP) is 2.40. The number of anilines is 1. The smallest absolute Gasteiger partial charge is 0.129 e. The van der Waals surface area contributed by atoms with E-state index in [4.69, 9.17) is 0 Å². The molecule has 2 aromatic rings. The van der Waals surface area contributed by atoms with Crippen molar-refractivity contribution in [2.45, 2.75) is 13.5 Å². The molecule has 0 aliphatic carbocycles. The number of aryl methyl sites for hydroxylation is 1. The van der Waals surface area contributed by atoms with Gasteiger partial charge >= 0.3 is 0 Å². The molecule has 0 fully saturated rings. The van der Waals surface area contributed by atoms with Crippen LogP contribution in [-0.4, -0.2) is 9.97 Å². The lowest BCUT2D eigenvalue weighted by Gasteiger charge is -2.05. The number of hydrogen-bond acceptors (Lipinski definition) is 3. The van der Waals surface area contributed by atoms with E-state index in [-0.39, 0.29) is 0 Å². The Balaban J connectivity index is 1.99. The van der Waals surface area contributed by atoms with E-state index in [1.807, 2.05) is 31.2 Å². The molecule has 0 saturated heterocycles. The normalized spacial score (nSPS) is 9.93. The molecule has 0 saturated carbocycles. The summed E-state index contributed by atoms with van der Waals surface area (Å²) < 4.78 is 0. The first-order valence-electron chi connectivity index (χ1n) is 4.92. The van der Waals surface area contributed by atoms with E-state index in [1.165, 1.54) is 5.56 Å². The summed E-state index contributed by atoms with van der Waals surface area (Å²) in [5.41, 5.74) is 1.24. The fourth-order valence-corrected chi connectivity index (χ4v) is 1.34. The first kappa shape index (κ1) is 9.65. The molecule has 1 N–H and O–H groups in total. The molecule has 15 heavy (non-hydrogen) atoms. The lowest BCUT2D eigenvalue weighted by molar-refractivity contribution is 1.02. The summed E-state index contributed by atoms with van der Waals surface area (Å²) in [4.78, 5) is 8.31. The van der Waals surface area contributed by atoms with E-state index in [9.17, 15) is 0 Å². The Hall–Kier alpha value is -1.90. The maximum atomic E-state index is 4.27. The molecule has 1 aromatic carbocycles. The Bertz CT molecular complexity index is 426. The van der Waals surface area contributed by atoms with Crippen LogP contribution >= 0.6 is 0 Å². The highest BCUT2D eigenvalue weighted by atomic mass is 15.0. The quantitative estimate of drug-likeness (QED) is 0.824. The zero-order valence-corrected chi connectivity index (χ0v) is 8.64. The van der Waals surface area contributed by atoms with E-state index in [1.54, 1.807) is 6.20 Å². The lowest BCUT2D eigenvalue weighted by Crippen LogP contribution is -2.02. The third kappa shape index (κ3) is 2.77. The van der Waals surface area contributed by atoms with Gasteiger partial charge in [-0.1, -0.05) is 30.3 Å². The fraction of sp³-hybridized carbons (Fsp3) is 0.167. The van der Waals surface area contributed by atoms with E-state index in [2.05, 4.69) is 27.4 Å². The third-order valence-corrected chi connectivity index (χ3v) is 2.09. The van der Waals surface area contributed by atoms with Crippen LogP contribution < -0.4 is 5.32 Å². The van der Waals surface area contributed by atoms with Crippen LogP contribution in [-0.2, 0) is 6.54 Å². The van der Waals surface area contributed by atoms with Crippen molar-refractivity contribution in [2.24, 2.45) is 0 Å². The van der Waals surface area contributed by atoms with Gasteiger partial charge < -0.3 is 5.32 Å². The van der Waals surface area contributed by atoms with Gasteiger partial charge in [-0.2, -0.15) is 0 Å². The van der Waals surface area contributed by atoms with Crippen LogP contribution in [0.5, 0.6) is 0 Å². The van der Waals surface area contributed by atoms with Crippen LogP contribution in [0.2, 0.25) is 0 Å². The Morgan fingerprint density at radius 1 is 1.13 bits per heavy atom. The second-order valence-corrected chi connectivity index (χ2v) is 3.33. The van der Waals surface area contributed by atoms with Crippen LogP contribution in [0, 0.1) is 6.92 Å². The standard InChI is InChI=1S/C12H13N3/c1-10-13-8-7-12(15-10)14-9-11-5-3-2-4-6-11/h2-8H,9H2,1H3,(H,13,14,15). The van der Waals surface area contributed by atoms with Crippen molar-refractivity contribution in [1.82, 2.24) is 9.97 Å². The molecule has 0 unspecified atom stereocenters.